The molecule has 15 nitrogen and oxygen atoms in total. The SMILES string of the molecule is CO[C@H]1C[C@@H]2CC[C@@H](C)[C@@](O)(O2)C(=O)C(=O)N2CCCC[C@H]2C(=O)O[C@H]([C@H](C)C[C@@H]2CC[C@@H](OP(=O)(c3ccccc3)c3ccccc3)[C@H](OC)C2)CC(=O)[C@H](C)/C=C(\C)[C@@H](O)[C@@H](OC)C(=O)[C@H](C)C[C@H](C)/C=C/C=CC=C1C. The summed E-state index contributed by atoms with van der Waals surface area (Å²) in [6.07, 6.45) is 10.6. The number of piperidine rings is 1. The number of benzene rings is 2. The van der Waals surface area contributed by atoms with Crippen molar-refractivity contribution in [3.63, 3.8) is 0 Å². The van der Waals surface area contributed by atoms with Gasteiger partial charge in [-0.15, -0.1) is 0 Å². The van der Waals surface area contributed by atoms with E-state index >= 15 is 0 Å². The third-order valence-electron chi connectivity index (χ3n) is 16.9. The quantitative estimate of drug-likeness (QED) is 0.0987. The van der Waals surface area contributed by atoms with Crippen molar-refractivity contribution < 1.29 is 67.0 Å². The van der Waals surface area contributed by atoms with Gasteiger partial charge in [0.25, 0.3) is 19.1 Å². The number of Topliss-reactive ketones (excluding diaryl/α,β-unsaturated/α-hetero) is 3. The van der Waals surface area contributed by atoms with Gasteiger partial charge in [-0.25, -0.2) is 4.79 Å². The van der Waals surface area contributed by atoms with Gasteiger partial charge < -0.3 is 43.3 Å². The minimum Gasteiger partial charge on any atom is -0.460 e. The van der Waals surface area contributed by atoms with Crippen LogP contribution in [0.3, 0.4) is 0 Å². The van der Waals surface area contributed by atoms with Crippen molar-refractivity contribution in [2.75, 3.05) is 27.9 Å². The zero-order chi connectivity index (χ0) is 57.6. The lowest BCUT2D eigenvalue weighted by Crippen LogP contribution is -2.61. The molecule has 0 radical (unpaired) electrons. The molecule has 0 spiro atoms. The van der Waals surface area contributed by atoms with E-state index in [1.165, 1.54) is 12.0 Å². The van der Waals surface area contributed by atoms with Gasteiger partial charge in [0.05, 0.1) is 24.4 Å². The largest absolute Gasteiger partial charge is 0.460 e. The smallest absolute Gasteiger partial charge is 0.329 e. The van der Waals surface area contributed by atoms with Crippen LogP contribution in [0.4, 0.5) is 0 Å². The van der Waals surface area contributed by atoms with E-state index in [9.17, 15) is 38.8 Å². The maximum Gasteiger partial charge on any atom is 0.329 e. The van der Waals surface area contributed by atoms with Crippen LogP contribution in [0.1, 0.15) is 126 Å². The Morgan fingerprint density at radius 3 is 2.08 bits per heavy atom. The van der Waals surface area contributed by atoms with Crippen molar-refractivity contribution in [2.24, 2.45) is 35.5 Å². The lowest BCUT2D eigenvalue weighted by atomic mass is 9.78. The second-order valence-electron chi connectivity index (χ2n) is 22.9. The second kappa shape index (κ2) is 29.3. The first-order valence-corrected chi connectivity index (χ1v) is 30.2. The van der Waals surface area contributed by atoms with Gasteiger partial charge in [-0.1, -0.05) is 107 Å². The first kappa shape index (κ1) is 63.5. The summed E-state index contributed by atoms with van der Waals surface area (Å²) < 4.78 is 51.9. The summed E-state index contributed by atoms with van der Waals surface area (Å²) in [7, 11) is 1.02. The molecule has 0 aromatic heterocycles. The van der Waals surface area contributed by atoms with E-state index in [1.54, 1.807) is 41.1 Å². The number of esters is 1. The van der Waals surface area contributed by atoms with E-state index in [0.717, 1.165) is 5.57 Å². The van der Waals surface area contributed by atoms with E-state index in [-0.39, 0.29) is 42.8 Å². The Kier molecular flexibility index (Phi) is 23.6. The molecule has 1 amide bonds. The molecule has 15 atom stereocenters. The van der Waals surface area contributed by atoms with Gasteiger partial charge in [0, 0.05) is 69.1 Å². The highest BCUT2D eigenvalue weighted by Crippen LogP contribution is 2.49. The van der Waals surface area contributed by atoms with Crippen molar-refractivity contribution in [2.45, 2.75) is 180 Å². The molecular formula is C63H88NO14P. The number of carbonyl (C=O) groups excluding carboxylic acids is 5. The molecule has 434 valence electrons. The van der Waals surface area contributed by atoms with E-state index in [1.807, 2.05) is 119 Å². The van der Waals surface area contributed by atoms with Gasteiger partial charge in [0.2, 0.25) is 5.79 Å². The molecule has 2 saturated heterocycles. The highest BCUT2D eigenvalue weighted by molar-refractivity contribution is 7.74. The Morgan fingerprint density at radius 1 is 0.772 bits per heavy atom. The minimum absolute atomic E-state index is 0.000329. The van der Waals surface area contributed by atoms with Crippen molar-refractivity contribution in [1.82, 2.24) is 4.90 Å². The summed E-state index contributed by atoms with van der Waals surface area (Å²) in [6, 6.07) is 17.2. The molecule has 3 aliphatic heterocycles. The number of cyclic esters (lactones) is 1. The van der Waals surface area contributed by atoms with E-state index in [4.69, 9.17) is 28.2 Å². The molecule has 2 aromatic rings. The first-order valence-electron chi connectivity index (χ1n) is 28.5. The van der Waals surface area contributed by atoms with E-state index < -0.39 is 103 Å². The van der Waals surface area contributed by atoms with Crippen LogP contribution >= 0.6 is 7.37 Å². The summed E-state index contributed by atoms with van der Waals surface area (Å²) in [4.78, 5) is 73.1. The summed E-state index contributed by atoms with van der Waals surface area (Å²) in [5.41, 5.74) is 1.24. The number of aliphatic hydroxyl groups is 2. The van der Waals surface area contributed by atoms with Gasteiger partial charge in [0.1, 0.15) is 30.1 Å². The van der Waals surface area contributed by atoms with Crippen LogP contribution < -0.4 is 10.6 Å². The van der Waals surface area contributed by atoms with Crippen LogP contribution in [-0.4, -0.2) is 127 Å². The first-order chi connectivity index (χ1) is 37.6. The average molecular weight is 1110 g/mol. The molecule has 1 aliphatic carbocycles. The van der Waals surface area contributed by atoms with Crippen molar-refractivity contribution in [3.05, 3.63) is 108 Å². The van der Waals surface area contributed by atoms with Crippen LogP contribution in [0.15, 0.2) is 108 Å². The van der Waals surface area contributed by atoms with Gasteiger partial charge in [0.15, 0.2) is 5.78 Å². The standard InChI is InChI=1S/C63H88NO14P/c1-40-22-14-11-15-23-41(2)54(73-8)38-48-31-29-46(7)63(71,77-48)60(68)61(69)64-33-21-20-28-51(64)62(70)76-55(39-52(65)42(3)35-45(6)58(67)59(75-10)57(66)44(5)34-40)43(4)36-47-30-32-53(56(37-47)74-9)78-79(72,49-24-16-12-17-25-49)50-26-18-13-19-27-50/h11-19,22-27,35,40,42-44,46-48,51,53-56,58-59,67,71H,20-21,28-34,36-39H2,1-10H3/b15-11?,22-14+,41-23?,45-35+/t40-,42-,43-,44-,46-,47+,48+,51+,53-,54+,55+,56-,58-,59+,63-/m1/s1. The molecule has 3 fully saturated rings. The fourth-order valence-corrected chi connectivity index (χ4v) is 14.2. The predicted octanol–water partition coefficient (Wildman–Crippen LogP) is 9.13. The Hall–Kier alpha value is -4.70. The third kappa shape index (κ3) is 16.1. The Bertz CT molecular complexity index is 2500. The van der Waals surface area contributed by atoms with Crippen molar-refractivity contribution >= 4 is 47.2 Å². The number of ketones is 3. The van der Waals surface area contributed by atoms with Gasteiger partial charge in [-0.2, -0.15) is 0 Å². The number of allylic oxidation sites excluding steroid dienone is 6. The summed E-state index contributed by atoms with van der Waals surface area (Å²) in [5, 5.41) is 24.8. The van der Waals surface area contributed by atoms with Crippen LogP contribution in [0.2, 0.25) is 0 Å². The molecule has 1 saturated carbocycles. The molecule has 4 aliphatic rings. The van der Waals surface area contributed by atoms with E-state index in [0.29, 0.717) is 80.4 Å². The number of hydrogen-bond acceptors (Lipinski definition) is 14. The predicted molar refractivity (Wildman–Crippen MR) is 304 cm³/mol. The summed E-state index contributed by atoms with van der Waals surface area (Å²) in [5.74, 6) is -8.37. The number of ether oxygens (including phenoxy) is 5. The van der Waals surface area contributed by atoms with Gasteiger partial charge in [-0.3, -0.25) is 23.7 Å². The van der Waals surface area contributed by atoms with Crippen LogP contribution in [-0.2, 0) is 56.7 Å². The normalized spacial score (nSPS) is 34.4. The molecule has 2 bridgehead atoms. The zero-order valence-corrected chi connectivity index (χ0v) is 49.1. The minimum atomic E-state index is -3.55. The molecular weight excluding hydrogens is 1030 g/mol. The Balaban J connectivity index is 1.29. The number of hydrogen-bond donors (Lipinski definition) is 2. The second-order valence-corrected chi connectivity index (χ2v) is 25.2. The van der Waals surface area contributed by atoms with Gasteiger partial charge in [-0.05, 0) is 131 Å². The maximum atomic E-state index is 15.0. The third-order valence-corrected chi connectivity index (χ3v) is 19.5. The Labute approximate surface area is 469 Å². The monoisotopic (exact) mass is 1110 g/mol. The van der Waals surface area contributed by atoms with Crippen molar-refractivity contribution in [3.8, 4) is 0 Å². The lowest BCUT2D eigenvalue weighted by molar-refractivity contribution is -0.265. The topological polar surface area (TPSA) is 201 Å². The highest BCUT2D eigenvalue weighted by atomic mass is 31.2. The van der Waals surface area contributed by atoms with Crippen LogP contribution in [0.25, 0.3) is 0 Å². The Morgan fingerprint density at radius 2 is 1.44 bits per heavy atom. The van der Waals surface area contributed by atoms with E-state index in [2.05, 4.69) is 0 Å². The average Bonchev–Trinajstić information content (AvgIpc) is 3.46. The molecule has 2 N–H and O–H groups in total. The number of methoxy groups -OCH3 is 3. The number of nitrogens with zero attached hydrogens (tertiary/aromatic N) is 1. The molecule has 2 aromatic carbocycles. The number of amides is 1. The summed E-state index contributed by atoms with van der Waals surface area (Å²) in [6.45, 7) is 12.7. The number of aliphatic hydroxyl groups excluding tert-OH is 1. The van der Waals surface area contributed by atoms with Gasteiger partial charge >= 0.3 is 5.97 Å². The zero-order valence-electron chi connectivity index (χ0n) is 48.2. The number of fused-ring (bicyclic) bond motifs is 3. The number of rotatable bonds is 10. The molecule has 6 rings (SSSR count). The fraction of sp³-hybridized carbons (Fsp3) is 0.603. The highest BCUT2D eigenvalue weighted by Gasteiger charge is 2.53. The number of carbonyl (C=O) groups is 5. The molecule has 16 heteroatoms. The molecule has 79 heavy (non-hydrogen) atoms. The molecule has 3 heterocycles. The lowest BCUT2D eigenvalue weighted by Gasteiger charge is -2.42. The van der Waals surface area contributed by atoms with Crippen LogP contribution in [0.5, 0.6) is 0 Å². The maximum absolute atomic E-state index is 15.0. The van der Waals surface area contributed by atoms with Crippen LogP contribution in [0, 0.1) is 35.5 Å². The van der Waals surface area contributed by atoms with Crippen molar-refractivity contribution in [1.29, 1.82) is 0 Å². The molecule has 0 unspecified atom stereocenters. The fourth-order valence-electron chi connectivity index (χ4n) is 11.9. The summed E-state index contributed by atoms with van der Waals surface area (Å²) >= 11 is 0.